The molecule has 102 valence electrons. The molecule has 2 rings (SSSR count). The van der Waals surface area contributed by atoms with Gasteiger partial charge in [-0.1, -0.05) is 0 Å². The van der Waals surface area contributed by atoms with Crippen molar-refractivity contribution in [3.63, 3.8) is 0 Å². The van der Waals surface area contributed by atoms with Crippen molar-refractivity contribution in [1.82, 2.24) is 0 Å². The van der Waals surface area contributed by atoms with Crippen LogP contribution in [0.2, 0.25) is 0 Å². The number of nitrogens with one attached hydrogen (secondary N) is 1. The van der Waals surface area contributed by atoms with Crippen molar-refractivity contribution in [2.45, 2.75) is 4.90 Å². The van der Waals surface area contributed by atoms with E-state index in [0.29, 0.717) is 11.4 Å². The van der Waals surface area contributed by atoms with Gasteiger partial charge in [0.25, 0.3) is 10.0 Å². The first-order valence-corrected chi connectivity index (χ1v) is 6.60. The SMILES string of the molecule is Cl.Nc1ccc(S(=O)(=O)Nc2ccc(F)cc2)cc1. The Morgan fingerprint density at radius 2 is 1.47 bits per heavy atom. The molecule has 0 aromatic heterocycles. The molecule has 2 aromatic rings. The molecule has 0 amide bonds. The average molecular weight is 303 g/mol. The number of nitrogens with two attached hydrogens (primary N) is 1. The topological polar surface area (TPSA) is 72.2 Å². The van der Waals surface area contributed by atoms with Gasteiger partial charge in [0.2, 0.25) is 0 Å². The van der Waals surface area contributed by atoms with Gasteiger partial charge in [-0.15, -0.1) is 12.4 Å². The highest BCUT2D eigenvalue weighted by Crippen LogP contribution is 2.17. The molecule has 0 atom stereocenters. The quantitative estimate of drug-likeness (QED) is 0.856. The van der Waals surface area contributed by atoms with Gasteiger partial charge in [-0.25, -0.2) is 12.8 Å². The molecule has 7 heteroatoms. The lowest BCUT2D eigenvalue weighted by atomic mass is 10.3. The highest BCUT2D eigenvalue weighted by atomic mass is 35.5. The molecule has 0 radical (unpaired) electrons. The lowest BCUT2D eigenvalue weighted by molar-refractivity contribution is 0.601. The van der Waals surface area contributed by atoms with E-state index in [2.05, 4.69) is 4.72 Å². The minimum atomic E-state index is -3.67. The van der Waals surface area contributed by atoms with Crippen LogP contribution in [0.5, 0.6) is 0 Å². The molecule has 0 aliphatic heterocycles. The number of halogens is 2. The van der Waals surface area contributed by atoms with Crippen LogP contribution in [0.15, 0.2) is 53.4 Å². The number of hydrogen-bond acceptors (Lipinski definition) is 3. The first kappa shape index (κ1) is 15.3. The van der Waals surface area contributed by atoms with E-state index in [1.807, 2.05) is 0 Å². The Morgan fingerprint density at radius 1 is 0.947 bits per heavy atom. The van der Waals surface area contributed by atoms with Gasteiger partial charge >= 0.3 is 0 Å². The third-order valence-electron chi connectivity index (χ3n) is 2.29. The van der Waals surface area contributed by atoms with Crippen LogP contribution in [0.1, 0.15) is 0 Å². The van der Waals surface area contributed by atoms with E-state index in [4.69, 9.17) is 5.73 Å². The summed E-state index contributed by atoms with van der Waals surface area (Å²) in [4.78, 5) is 0.0982. The number of anilines is 2. The van der Waals surface area contributed by atoms with E-state index in [-0.39, 0.29) is 17.3 Å². The monoisotopic (exact) mass is 302 g/mol. The van der Waals surface area contributed by atoms with Gasteiger partial charge in [0, 0.05) is 11.4 Å². The van der Waals surface area contributed by atoms with E-state index >= 15 is 0 Å². The normalized spacial score (nSPS) is 10.6. The van der Waals surface area contributed by atoms with E-state index in [9.17, 15) is 12.8 Å². The number of rotatable bonds is 3. The maximum Gasteiger partial charge on any atom is 0.261 e. The van der Waals surface area contributed by atoms with Crippen LogP contribution in [0.4, 0.5) is 15.8 Å². The molecule has 4 nitrogen and oxygen atoms in total. The lowest BCUT2D eigenvalue weighted by Gasteiger charge is -2.08. The van der Waals surface area contributed by atoms with Crippen LogP contribution < -0.4 is 10.5 Å². The molecular weight excluding hydrogens is 291 g/mol. The Labute approximate surface area is 116 Å². The van der Waals surface area contributed by atoms with Crippen LogP contribution in [0.25, 0.3) is 0 Å². The molecule has 0 saturated heterocycles. The molecular formula is C12H12ClFN2O2S. The molecule has 2 aromatic carbocycles. The molecule has 0 aliphatic carbocycles. The standard InChI is InChI=1S/C12H11FN2O2S.ClH/c13-9-1-5-11(6-2-9)15-18(16,17)12-7-3-10(14)4-8-12;/h1-8,15H,14H2;1H. The van der Waals surface area contributed by atoms with E-state index in [1.54, 1.807) is 0 Å². The molecule has 0 bridgehead atoms. The minimum absolute atomic E-state index is 0. The van der Waals surface area contributed by atoms with Gasteiger partial charge in [0.05, 0.1) is 4.90 Å². The van der Waals surface area contributed by atoms with Gasteiger partial charge < -0.3 is 5.73 Å². The molecule has 3 N–H and O–H groups in total. The van der Waals surface area contributed by atoms with Crippen LogP contribution in [-0.2, 0) is 10.0 Å². The van der Waals surface area contributed by atoms with Crippen LogP contribution in [-0.4, -0.2) is 8.42 Å². The molecule has 0 unspecified atom stereocenters. The van der Waals surface area contributed by atoms with Crippen molar-refractivity contribution in [3.05, 3.63) is 54.3 Å². The summed E-state index contributed by atoms with van der Waals surface area (Å²) in [5.41, 5.74) is 6.26. The molecule has 19 heavy (non-hydrogen) atoms. The third kappa shape index (κ3) is 3.84. The zero-order chi connectivity index (χ0) is 13.2. The van der Waals surface area contributed by atoms with Crippen molar-refractivity contribution in [3.8, 4) is 0 Å². The smallest absolute Gasteiger partial charge is 0.261 e. The molecule has 0 saturated carbocycles. The zero-order valence-corrected chi connectivity index (χ0v) is 11.3. The highest BCUT2D eigenvalue weighted by Gasteiger charge is 2.13. The number of nitrogen functional groups attached to an aromatic ring is 1. The van der Waals surface area contributed by atoms with Gasteiger partial charge in [0.1, 0.15) is 5.82 Å². The minimum Gasteiger partial charge on any atom is -0.399 e. The summed E-state index contributed by atoms with van der Waals surface area (Å²) in [5.74, 6) is -0.426. The zero-order valence-electron chi connectivity index (χ0n) is 9.71. The summed E-state index contributed by atoms with van der Waals surface area (Å²) < 4.78 is 38.9. The first-order valence-electron chi connectivity index (χ1n) is 5.11. The van der Waals surface area contributed by atoms with Crippen LogP contribution in [0.3, 0.4) is 0 Å². The summed E-state index contributed by atoms with van der Waals surface area (Å²) >= 11 is 0. The van der Waals surface area contributed by atoms with E-state index in [0.717, 1.165) is 0 Å². The fourth-order valence-corrected chi connectivity index (χ4v) is 2.44. The Balaban J connectivity index is 0.00000180. The maximum atomic E-state index is 12.7. The Kier molecular flexibility index (Phi) is 4.74. The second-order valence-corrected chi connectivity index (χ2v) is 5.36. The van der Waals surface area contributed by atoms with Crippen molar-refractivity contribution < 1.29 is 12.8 Å². The third-order valence-corrected chi connectivity index (χ3v) is 3.68. The van der Waals surface area contributed by atoms with E-state index < -0.39 is 15.8 Å². The molecule has 0 spiro atoms. The highest BCUT2D eigenvalue weighted by molar-refractivity contribution is 7.92. The Hall–Kier alpha value is -1.79. The summed E-state index contributed by atoms with van der Waals surface area (Å²) in [5, 5.41) is 0. The van der Waals surface area contributed by atoms with Gasteiger partial charge in [-0.05, 0) is 48.5 Å². The first-order chi connectivity index (χ1) is 8.47. The summed E-state index contributed by atoms with van der Waals surface area (Å²) in [6.45, 7) is 0. The second-order valence-electron chi connectivity index (χ2n) is 3.68. The summed E-state index contributed by atoms with van der Waals surface area (Å²) in [6.07, 6.45) is 0. The van der Waals surface area contributed by atoms with Crippen molar-refractivity contribution in [2.75, 3.05) is 10.5 Å². The Morgan fingerprint density at radius 3 is 2.00 bits per heavy atom. The summed E-state index contributed by atoms with van der Waals surface area (Å²) in [7, 11) is -3.67. The largest absolute Gasteiger partial charge is 0.399 e. The van der Waals surface area contributed by atoms with Crippen LogP contribution >= 0.6 is 12.4 Å². The predicted molar refractivity (Wildman–Crippen MR) is 75.3 cm³/mol. The van der Waals surface area contributed by atoms with Crippen molar-refractivity contribution in [1.29, 1.82) is 0 Å². The van der Waals surface area contributed by atoms with Crippen molar-refractivity contribution in [2.24, 2.45) is 0 Å². The fourth-order valence-electron chi connectivity index (χ4n) is 1.38. The summed E-state index contributed by atoms with van der Waals surface area (Å²) in [6, 6.07) is 10.9. The molecule has 0 fully saturated rings. The van der Waals surface area contributed by atoms with E-state index in [1.165, 1.54) is 48.5 Å². The van der Waals surface area contributed by atoms with Crippen molar-refractivity contribution >= 4 is 33.8 Å². The number of benzene rings is 2. The predicted octanol–water partition coefficient (Wildman–Crippen LogP) is 2.63. The lowest BCUT2D eigenvalue weighted by Crippen LogP contribution is -2.12. The second kappa shape index (κ2) is 5.90. The molecule has 0 heterocycles. The van der Waals surface area contributed by atoms with Crippen LogP contribution in [0, 0.1) is 5.82 Å². The number of hydrogen-bond donors (Lipinski definition) is 2. The fraction of sp³-hybridized carbons (Fsp3) is 0. The van der Waals surface area contributed by atoms with Gasteiger partial charge in [-0.2, -0.15) is 0 Å². The molecule has 0 aliphatic rings. The van der Waals surface area contributed by atoms with Gasteiger partial charge in [-0.3, -0.25) is 4.72 Å². The average Bonchev–Trinajstić information content (AvgIpc) is 2.32. The van der Waals surface area contributed by atoms with Gasteiger partial charge in [0.15, 0.2) is 0 Å². The number of sulfonamides is 1. The Bertz CT molecular complexity index is 642. The maximum absolute atomic E-state index is 12.7.